The van der Waals surface area contributed by atoms with Crippen LogP contribution in [0.4, 0.5) is 4.39 Å². The van der Waals surface area contributed by atoms with Gasteiger partial charge in [0.05, 0.1) is 10.6 Å². The average molecular weight is 319 g/mol. The second-order valence-electron chi connectivity index (χ2n) is 3.64. The van der Waals surface area contributed by atoms with Crippen LogP contribution in [0, 0.1) is 11.7 Å². The number of nitrogens with one attached hydrogen (secondary N) is 1. The van der Waals surface area contributed by atoms with Crippen LogP contribution in [0.25, 0.3) is 0 Å². The SMILES string of the molecule is CC(CNC(=O)c1ccc(F)cc1Br)C(N)=S. The van der Waals surface area contributed by atoms with Gasteiger partial charge in [-0.1, -0.05) is 19.1 Å². The number of halogens is 2. The molecule has 0 aliphatic heterocycles. The van der Waals surface area contributed by atoms with Crippen molar-refractivity contribution in [2.24, 2.45) is 11.7 Å². The van der Waals surface area contributed by atoms with E-state index in [-0.39, 0.29) is 11.8 Å². The van der Waals surface area contributed by atoms with Gasteiger partial charge in [-0.25, -0.2) is 4.39 Å². The maximum Gasteiger partial charge on any atom is 0.252 e. The number of benzene rings is 1. The number of thiocarbonyl (C=S) groups is 1. The summed E-state index contributed by atoms with van der Waals surface area (Å²) >= 11 is 7.93. The summed E-state index contributed by atoms with van der Waals surface area (Å²) in [4.78, 5) is 12.1. The van der Waals surface area contributed by atoms with E-state index in [1.54, 1.807) is 0 Å². The predicted octanol–water partition coefficient (Wildman–Crippen LogP) is 2.24. The lowest BCUT2D eigenvalue weighted by Gasteiger charge is -2.11. The highest BCUT2D eigenvalue weighted by molar-refractivity contribution is 9.10. The largest absolute Gasteiger partial charge is 0.393 e. The first-order chi connectivity index (χ1) is 7.91. The van der Waals surface area contributed by atoms with Gasteiger partial charge in [-0.3, -0.25) is 4.79 Å². The summed E-state index contributed by atoms with van der Waals surface area (Å²) in [5.74, 6) is -0.766. The Labute approximate surface area is 113 Å². The molecule has 92 valence electrons. The number of hydrogen-bond donors (Lipinski definition) is 2. The van der Waals surface area contributed by atoms with E-state index in [0.29, 0.717) is 21.6 Å². The first kappa shape index (κ1) is 14.1. The molecule has 0 saturated heterocycles. The smallest absolute Gasteiger partial charge is 0.252 e. The van der Waals surface area contributed by atoms with E-state index in [1.165, 1.54) is 18.2 Å². The van der Waals surface area contributed by atoms with Gasteiger partial charge < -0.3 is 11.1 Å². The van der Waals surface area contributed by atoms with Gasteiger partial charge in [0.1, 0.15) is 5.82 Å². The molecule has 1 unspecified atom stereocenters. The van der Waals surface area contributed by atoms with Gasteiger partial charge in [0.25, 0.3) is 5.91 Å². The fourth-order valence-corrected chi connectivity index (χ4v) is 1.73. The van der Waals surface area contributed by atoms with E-state index in [9.17, 15) is 9.18 Å². The molecule has 6 heteroatoms. The molecule has 1 aromatic rings. The van der Waals surface area contributed by atoms with Crippen molar-refractivity contribution in [1.82, 2.24) is 5.32 Å². The zero-order valence-corrected chi connectivity index (χ0v) is 11.6. The van der Waals surface area contributed by atoms with Crippen molar-refractivity contribution >= 4 is 39.0 Å². The van der Waals surface area contributed by atoms with Crippen LogP contribution in [0.5, 0.6) is 0 Å². The Morgan fingerprint density at radius 2 is 2.29 bits per heavy atom. The molecular formula is C11H12BrFN2OS. The van der Waals surface area contributed by atoms with Gasteiger partial charge in [0.15, 0.2) is 0 Å². The Hall–Kier alpha value is -1.01. The minimum atomic E-state index is -0.398. The van der Waals surface area contributed by atoms with Crippen LogP contribution in [0.1, 0.15) is 17.3 Å². The minimum Gasteiger partial charge on any atom is -0.393 e. The van der Waals surface area contributed by atoms with Gasteiger partial charge in [-0.05, 0) is 34.1 Å². The molecule has 0 aromatic heterocycles. The van der Waals surface area contributed by atoms with E-state index >= 15 is 0 Å². The van der Waals surface area contributed by atoms with Crippen molar-refractivity contribution in [1.29, 1.82) is 0 Å². The summed E-state index contributed by atoms with van der Waals surface area (Å²) in [5.41, 5.74) is 5.81. The molecule has 0 saturated carbocycles. The molecule has 0 fully saturated rings. The van der Waals surface area contributed by atoms with Crippen LogP contribution >= 0.6 is 28.1 Å². The Morgan fingerprint density at radius 1 is 1.65 bits per heavy atom. The van der Waals surface area contributed by atoms with Crippen LogP contribution in [0.2, 0.25) is 0 Å². The lowest BCUT2D eigenvalue weighted by atomic mass is 10.1. The van der Waals surface area contributed by atoms with Gasteiger partial charge in [-0.15, -0.1) is 0 Å². The molecule has 0 radical (unpaired) electrons. The summed E-state index contributed by atoms with van der Waals surface area (Å²) < 4.78 is 13.3. The molecule has 0 bridgehead atoms. The van der Waals surface area contributed by atoms with E-state index in [1.807, 2.05) is 6.92 Å². The highest BCUT2D eigenvalue weighted by Crippen LogP contribution is 2.17. The van der Waals surface area contributed by atoms with Gasteiger partial charge in [0, 0.05) is 16.9 Å². The molecule has 17 heavy (non-hydrogen) atoms. The lowest BCUT2D eigenvalue weighted by Crippen LogP contribution is -2.33. The van der Waals surface area contributed by atoms with Crippen molar-refractivity contribution in [2.45, 2.75) is 6.92 Å². The van der Waals surface area contributed by atoms with E-state index in [4.69, 9.17) is 18.0 Å². The summed E-state index contributed by atoms with van der Waals surface area (Å²) in [5, 5.41) is 2.68. The monoisotopic (exact) mass is 318 g/mol. The topological polar surface area (TPSA) is 55.1 Å². The Balaban J connectivity index is 2.67. The molecule has 1 rings (SSSR count). The van der Waals surface area contributed by atoms with Crippen molar-refractivity contribution in [2.75, 3.05) is 6.54 Å². The predicted molar refractivity (Wildman–Crippen MR) is 72.4 cm³/mol. The van der Waals surface area contributed by atoms with E-state index in [0.717, 1.165) is 0 Å². The second kappa shape index (κ2) is 6.07. The van der Waals surface area contributed by atoms with Crippen molar-refractivity contribution in [3.63, 3.8) is 0 Å². The van der Waals surface area contributed by atoms with Crippen LogP contribution in [-0.2, 0) is 0 Å². The number of carbonyl (C=O) groups excluding carboxylic acids is 1. The molecule has 3 N–H and O–H groups in total. The fourth-order valence-electron chi connectivity index (χ4n) is 1.12. The molecule has 1 amide bonds. The lowest BCUT2D eigenvalue weighted by molar-refractivity contribution is 0.0950. The molecule has 0 aliphatic carbocycles. The first-order valence-electron chi connectivity index (χ1n) is 4.94. The van der Waals surface area contributed by atoms with Gasteiger partial charge >= 0.3 is 0 Å². The molecule has 3 nitrogen and oxygen atoms in total. The van der Waals surface area contributed by atoms with E-state index in [2.05, 4.69) is 21.2 Å². The molecule has 0 heterocycles. The third-order valence-electron chi connectivity index (χ3n) is 2.23. The number of carbonyl (C=O) groups is 1. The average Bonchev–Trinajstić information content (AvgIpc) is 2.25. The third kappa shape index (κ3) is 4.05. The summed E-state index contributed by atoms with van der Waals surface area (Å²) in [6.45, 7) is 2.18. The number of rotatable bonds is 4. The standard InChI is InChI=1S/C11H12BrFN2OS/c1-6(10(14)17)5-15-11(16)8-3-2-7(13)4-9(8)12/h2-4,6H,5H2,1H3,(H2,14,17)(H,15,16). The van der Waals surface area contributed by atoms with Crippen molar-refractivity contribution < 1.29 is 9.18 Å². The van der Waals surface area contributed by atoms with Crippen LogP contribution in [0.15, 0.2) is 22.7 Å². The highest BCUT2D eigenvalue weighted by atomic mass is 79.9. The van der Waals surface area contributed by atoms with Crippen LogP contribution in [-0.4, -0.2) is 17.4 Å². The van der Waals surface area contributed by atoms with Gasteiger partial charge in [0.2, 0.25) is 0 Å². The summed E-state index contributed by atoms with van der Waals surface area (Å²) in [6.07, 6.45) is 0. The fraction of sp³-hybridized carbons (Fsp3) is 0.273. The van der Waals surface area contributed by atoms with Gasteiger partial charge in [-0.2, -0.15) is 0 Å². The molecular weight excluding hydrogens is 307 g/mol. The van der Waals surface area contributed by atoms with Crippen LogP contribution in [0.3, 0.4) is 0 Å². The van der Waals surface area contributed by atoms with Crippen molar-refractivity contribution in [3.05, 3.63) is 34.1 Å². The number of nitrogens with two attached hydrogens (primary N) is 1. The normalized spacial score (nSPS) is 11.9. The van der Waals surface area contributed by atoms with Crippen LogP contribution < -0.4 is 11.1 Å². The molecule has 0 spiro atoms. The Bertz CT molecular complexity index is 453. The van der Waals surface area contributed by atoms with E-state index < -0.39 is 5.82 Å². The minimum absolute atomic E-state index is 0.0758. The number of amides is 1. The zero-order chi connectivity index (χ0) is 13.0. The quantitative estimate of drug-likeness (QED) is 0.837. The molecule has 1 atom stereocenters. The second-order valence-corrected chi connectivity index (χ2v) is 4.96. The summed E-state index contributed by atoms with van der Waals surface area (Å²) in [7, 11) is 0. The Kier molecular flexibility index (Phi) is 5.02. The maximum absolute atomic E-state index is 12.8. The first-order valence-corrected chi connectivity index (χ1v) is 6.14. The zero-order valence-electron chi connectivity index (χ0n) is 9.17. The third-order valence-corrected chi connectivity index (χ3v) is 3.29. The maximum atomic E-state index is 12.8. The summed E-state index contributed by atoms with van der Waals surface area (Å²) in [6, 6.07) is 3.89. The molecule has 0 aliphatic rings. The highest BCUT2D eigenvalue weighted by Gasteiger charge is 2.12. The van der Waals surface area contributed by atoms with Crippen molar-refractivity contribution in [3.8, 4) is 0 Å². The molecule has 1 aromatic carbocycles. The number of hydrogen-bond acceptors (Lipinski definition) is 2. The Morgan fingerprint density at radius 3 is 2.82 bits per heavy atom.